The second-order valence-corrected chi connectivity index (χ2v) is 6.21. The van der Waals surface area contributed by atoms with Crippen molar-refractivity contribution in [3.05, 3.63) is 22.4 Å². The van der Waals surface area contributed by atoms with Crippen molar-refractivity contribution in [2.24, 2.45) is 11.8 Å². The van der Waals surface area contributed by atoms with Gasteiger partial charge in [-0.2, -0.15) is 0 Å². The quantitative estimate of drug-likeness (QED) is 0.815. The predicted molar refractivity (Wildman–Crippen MR) is 65.2 cm³/mol. The highest BCUT2D eigenvalue weighted by atomic mass is 32.1. The summed E-state index contributed by atoms with van der Waals surface area (Å²) in [6.07, 6.45) is 3.95. The van der Waals surface area contributed by atoms with Gasteiger partial charge in [0.25, 0.3) is 0 Å². The normalized spacial score (nSPS) is 36.7. The molecule has 1 fully saturated rings. The van der Waals surface area contributed by atoms with Gasteiger partial charge in [0.05, 0.1) is 5.60 Å². The molecule has 2 heteroatoms. The molecule has 0 aliphatic heterocycles. The molecule has 1 saturated carbocycles. The molecule has 0 amide bonds. The van der Waals surface area contributed by atoms with Crippen LogP contribution in [0.5, 0.6) is 0 Å². The largest absolute Gasteiger partial charge is 0.390 e. The fraction of sp³-hybridized carbons (Fsp3) is 0.692. The Kier molecular flexibility index (Phi) is 3.17. The summed E-state index contributed by atoms with van der Waals surface area (Å²) in [7, 11) is 0. The van der Waals surface area contributed by atoms with Gasteiger partial charge < -0.3 is 5.11 Å². The molecule has 0 radical (unpaired) electrons. The Labute approximate surface area is 96.1 Å². The maximum atomic E-state index is 10.5. The van der Waals surface area contributed by atoms with E-state index in [2.05, 4.69) is 31.4 Å². The van der Waals surface area contributed by atoms with E-state index in [0.717, 1.165) is 25.2 Å². The summed E-state index contributed by atoms with van der Waals surface area (Å²) in [6, 6.07) is 4.20. The molecular weight excluding hydrogens is 204 g/mol. The maximum absolute atomic E-state index is 10.5. The molecule has 0 spiro atoms. The van der Waals surface area contributed by atoms with Crippen molar-refractivity contribution in [1.29, 1.82) is 0 Å². The lowest BCUT2D eigenvalue weighted by atomic mass is 9.72. The molecule has 0 saturated heterocycles. The number of hydrogen-bond acceptors (Lipinski definition) is 2. The Morgan fingerprint density at radius 3 is 2.87 bits per heavy atom. The Morgan fingerprint density at radius 2 is 2.27 bits per heavy atom. The molecule has 0 bridgehead atoms. The second-order valence-electron chi connectivity index (χ2n) is 5.18. The molecule has 84 valence electrons. The van der Waals surface area contributed by atoms with Crippen LogP contribution in [0, 0.1) is 11.8 Å². The first-order valence-electron chi connectivity index (χ1n) is 5.84. The molecule has 3 unspecified atom stereocenters. The van der Waals surface area contributed by atoms with Crippen LogP contribution in [0.4, 0.5) is 0 Å². The minimum atomic E-state index is -0.434. The first-order valence-corrected chi connectivity index (χ1v) is 6.72. The van der Waals surface area contributed by atoms with Gasteiger partial charge in [-0.1, -0.05) is 19.9 Å². The highest BCUT2D eigenvalue weighted by Gasteiger charge is 2.35. The van der Waals surface area contributed by atoms with Crippen LogP contribution < -0.4 is 0 Å². The molecule has 1 aliphatic rings. The average molecular weight is 224 g/mol. The van der Waals surface area contributed by atoms with E-state index >= 15 is 0 Å². The Morgan fingerprint density at radius 1 is 1.47 bits per heavy atom. The summed E-state index contributed by atoms with van der Waals surface area (Å²) in [6.45, 7) is 4.57. The van der Waals surface area contributed by atoms with Gasteiger partial charge in [0.2, 0.25) is 0 Å². The van der Waals surface area contributed by atoms with Crippen LogP contribution in [-0.4, -0.2) is 10.7 Å². The van der Waals surface area contributed by atoms with Crippen molar-refractivity contribution < 1.29 is 5.11 Å². The SMILES string of the molecule is CC1CCC(O)(Cc2cccs2)CC1C. The monoisotopic (exact) mass is 224 g/mol. The lowest BCUT2D eigenvalue weighted by molar-refractivity contribution is -0.0273. The fourth-order valence-electron chi connectivity index (χ4n) is 2.58. The van der Waals surface area contributed by atoms with Gasteiger partial charge >= 0.3 is 0 Å². The highest BCUT2D eigenvalue weighted by Crippen LogP contribution is 2.38. The lowest BCUT2D eigenvalue weighted by Crippen LogP contribution is -2.39. The third-order valence-electron chi connectivity index (χ3n) is 3.82. The summed E-state index contributed by atoms with van der Waals surface area (Å²) in [5.74, 6) is 1.43. The zero-order chi connectivity index (χ0) is 10.9. The molecule has 2 rings (SSSR count). The van der Waals surface area contributed by atoms with Gasteiger partial charge in [0.15, 0.2) is 0 Å². The van der Waals surface area contributed by atoms with E-state index in [9.17, 15) is 5.11 Å². The number of aliphatic hydroxyl groups is 1. The van der Waals surface area contributed by atoms with Gasteiger partial charge in [0.1, 0.15) is 0 Å². The first kappa shape index (κ1) is 11.2. The molecule has 1 heterocycles. The Bertz CT molecular complexity index is 306. The summed E-state index contributed by atoms with van der Waals surface area (Å²) in [5.41, 5.74) is -0.434. The van der Waals surface area contributed by atoms with Crippen molar-refractivity contribution in [2.75, 3.05) is 0 Å². The topological polar surface area (TPSA) is 20.2 Å². The smallest absolute Gasteiger partial charge is 0.0698 e. The van der Waals surface area contributed by atoms with Crippen molar-refractivity contribution in [1.82, 2.24) is 0 Å². The van der Waals surface area contributed by atoms with E-state index in [0.29, 0.717) is 5.92 Å². The molecule has 15 heavy (non-hydrogen) atoms. The zero-order valence-electron chi connectivity index (χ0n) is 9.57. The molecule has 1 nitrogen and oxygen atoms in total. The standard InChI is InChI=1S/C13H20OS/c1-10-5-6-13(14,8-11(10)2)9-12-4-3-7-15-12/h3-4,7,10-11,14H,5-6,8-9H2,1-2H3. The molecular formula is C13H20OS. The van der Waals surface area contributed by atoms with Gasteiger partial charge in [-0.15, -0.1) is 11.3 Å². The van der Waals surface area contributed by atoms with Crippen LogP contribution in [0.3, 0.4) is 0 Å². The molecule has 1 aromatic rings. The van der Waals surface area contributed by atoms with E-state index in [1.807, 2.05) is 0 Å². The van der Waals surface area contributed by atoms with Crippen LogP contribution in [0.1, 0.15) is 38.0 Å². The van der Waals surface area contributed by atoms with E-state index < -0.39 is 5.60 Å². The van der Waals surface area contributed by atoms with Gasteiger partial charge in [0, 0.05) is 11.3 Å². The molecule has 0 aromatic carbocycles. The van der Waals surface area contributed by atoms with Gasteiger partial charge in [-0.3, -0.25) is 0 Å². The summed E-state index contributed by atoms with van der Waals surface area (Å²) in [4.78, 5) is 1.32. The van der Waals surface area contributed by atoms with E-state index in [4.69, 9.17) is 0 Å². The lowest BCUT2D eigenvalue weighted by Gasteiger charge is -2.39. The Balaban J connectivity index is 2.01. The molecule has 1 aliphatic carbocycles. The summed E-state index contributed by atoms with van der Waals surface area (Å²) < 4.78 is 0. The zero-order valence-corrected chi connectivity index (χ0v) is 10.4. The van der Waals surface area contributed by atoms with E-state index in [1.54, 1.807) is 11.3 Å². The van der Waals surface area contributed by atoms with Crippen LogP contribution in [-0.2, 0) is 6.42 Å². The molecule has 1 aromatic heterocycles. The number of rotatable bonds is 2. The van der Waals surface area contributed by atoms with E-state index in [-0.39, 0.29) is 0 Å². The van der Waals surface area contributed by atoms with Crippen molar-refractivity contribution in [2.45, 2.75) is 45.1 Å². The first-order chi connectivity index (χ1) is 7.09. The molecule has 3 atom stereocenters. The third kappa shape index (κ3) is 2.61. The summed E-state index contributed by atoms with van der Waals surface area (Å²) >= 11 is 1.76. The van der Waals surface area contributed by atoms with Crippen molar-refractivity contribution >= 4 is 11.3 Å². The third-order valence-corrected chi connectivity index (χ3v) is 4.70. The van der Waals surface area contributed by atoms with Crippen LogP contribution in [0.25, 0.3) is 0 Å². The van der Waals surface area contributed by atoms with Gasteiger partial charge in [-0.05, 0) is 42.5 Å². The van der Waals surface area contributed by atoms with E-state index in [1.165, 1.54) is 11.3 Å². The molecule has 1 N–H and O–H groups in total. The number of thiophene rings is 1. The fourth-order valence-corrected chi connectivity index (χ4v) is 3.42. The van der Waals surface area contributed by atoms with Crippen LogP contribution in [0.15, 0.2) is 17.5 Å². The number of hydrogen-bond donors (Lipinski definition) is 1. The minimum Gasteiger partial charge on any atom is -0.390 e. The summed E-state index contributed by atoms with van der Waals surface area (Å²) in [5, 5.41) is 12.6. The van der Waals surface area contributed by atoms with Crippen molar-refractivity contribution in [3.63, 3.8) is 0 Å². The maximum Gasteiger partial charge on any atom is 0.0698 e. The van der Waals surface area contributed by atoms with Crippen LogP contribution >= 0.6 is 11.3 Å². The Hall–Kier alpha value is -0.340. The van der Waals surface area contributed by atoms with Crippen molar-refractivity contribution in [3.8, 4) is 0 Å². The predicted octanol–water partition coefficient (Wildman–Crippen LogP) is 3.48. The highest BCUT2D eigenvalue weighted by molar-refractivity contribution is 7.09. The van der Waals surface area contributed by atoms with Crippen LogP contribution in [0.2, 0.25) is 0 Å². The second kappa shape index (κ2) is 4.26. The minimum absolute atomic E-state index is 0.434. The van der Waals surface area contributed by atoms with Gasteiger partial charge in [-0.25, -0.2) is 0 Å². The average Bonchev–Trinajstić information content (AvgIpc) is 2.64.